The van der Waals surface area contributed by atoms with E-state index in [0.717, 1.165) is 12.8 Å². The summed E-state index contributed by atoms with van der Waals surface area (Å²) in [7, 11) is 0. The fourth-order valence-corrected chi connectivity index (χ4v) is 1.03. The number of aliphatic carboxylic acids is 2. The maximum atomic E-state index is 9.43. The van der Waals surface area contributed by atoms with Gasteiger partial charge in [0.2, 0.25) is 0 Å². The first-order valence-corrected chi connectivity index (χ1v) is 6.74. The third kappa shape index (κ3) is 21.9. The van der Waals surface area contributed by atoms with E-state index < -0.39 is 23.5 Å². The minimum absolute atomic E-state index is 0. The number of hydrogen-bond acceptors (Lipinski definition) is 4. The summed E-state index contributed by atoms with van der Waals surface area (Å²) < 4.78 is 0. The average Bonchev–Trinajstić information content (AvgIpc) is 3.14. The van der Waals surface area contributed by atoms with Crippen molar-refractivity contribution in [2.45, 2.75) is 26.7 Å². The predicted molar refractivity (Wildman–Crippen MR) is 85.9 cm³/mol. The molecule has 0 aromatic rings. The van der Waals surface area contributed by atoms with Crippen LogP contribution in [0.25, 0.3) is 0 Å². The smallest absolute Gasteiger partial charge is 0.868 e. The van der Waals surface area contributed by atoms with E-state index in [-0.39, 0.29) is 25.8 Å². The zero-order valence-corrected chi connectivity index (χ0v) is 17.8. The first kappa shape index (κ1) is 27.7. The summed E-state index contributed by atoms with van der Waals surface area (Å²) in [6, 6.07) is 0. The van der Waals surface area contributed by atoms with Crippen LogP contribution in [0, 0.1) is 12.2 Å². The van der Waals surface area contributed by atoms with Gasteiger partial charge in [0.05, 0.1) is 0 Å². The molecule has 0 unspecified atom stereocenters. The van der Waals surface area contributed by atoms with Crippen molar-refractivity contribution >= 4 is 11.9 Å². The van der Waals surface area contributed by atoms with Gasteiger partial charge in [0.1, 0.15) is 0 Å². The average molecular weight is 511 g/mol. The van der Waals surface area contributed by atoms with Crippen LogP contribution >= 0.6 is 0 Å². The van der Waals surface area contributed by atoms with E-state index in [4.69, 9.17) is 10.2 Å². The number of carbonyl (C=O) groups is 2. The number of allylic oxidation sites excluding steroid dienone is 8. The molecule has 6 nitrogen and oxygen atoms in total. The number of hydrogen-bond donors (Lipinski definition) is 2. The Hall–Kier alpha value is -2.15. The fourth-order valence-electron chi connectivity index (χ4n) is 1.03. The van der Waals surface area contributed by atoms with Gasteiger partial charge in [-0.25, -0.2) is 32.9 Å². The molecule has 0 aromatic carbocycles. The summed E-state index contributed by atoms with van der Waals surface area (Å²) in [6.45, 7) is 9.32. The molecule has 7 heteroatoms. The van der Waals surface area contributed by atoms with E-state index >= 15 is 0 Å². The van der Waals surface area contributed by atoms with Gasteiger partial charge in [-0.2, -0.15) is 12.2 Å². The summed E-state index contributed by atoms with van der Waals surface area (Å²) in [4.78, 5) is 18.6. The predicted octanol–water partition coefficient (Wildman–Crippen LogP) is 1.28. The van der Waals surface area contributed by atoms with Crippen LogP contribution in [-0.4, -0.2) is 22.2 Å². The molecule has 0 amide bonds. The normalized spacial score (nSPS) is 12.4. The van der Waals surface area contributed by atoms with Gasteiger partial charge in [-0.3, -0.25) is 12.2 Å². The molecule has 0 fully saturated rings. The van der Waals surface area contributed by atoms with Crippen molar-refractivity contribution in [2.24, 2.45) is 0 Å². The number of carboxylic acid groups (broad SMARTS) is 2. The summed E-state index contributed by atoms with van der Waals surface area (Å²) in [5.74, 6) is -5.13. The molecule has 2 aliphatic rings. The van der Waals surface area contributed by atoms with Gasteiger partial charge >= 0.3 is 37.8 Å². The van der Waals surface area contributed by atoms with Crippen molar-refractivity contribution in [3.8, 4) is 0 Å². The summed E-state index contributed by atoms with van der Waals surface area (Å²) >= 11 is 0. The van der Waals surface area contributed by atoms with Gasteiger partial charge in [0.15, 0.2) is 0 Å². The summed E-state index contributed by atoms with van der Waals surface area (Å²) in [5.41, 5.74) is 2.55. The van der Waals surface area contributed by atoms with Crippen molar-refractivity contribution in [1.82, 2.24) is 0 Å². The Balaban J connectivity index is -0.000000255. The molecule has 2 aliphatic carbocycles. The van der Waals surface area contributed by atoms with Crippen LogP contribution in [0.1, 0.15) is 26.7 Å². The van der Waals surface area contributed by atoms with Crippen LogP contribution in [-0.2, 0) is 35.4 Å². The standard InChI is InChI=1S/2C6H7.2C3H4O3.Hf/c2*1-6-4-2-3-5-6;2*1-2(4)3(5)6;/h2*2,4H,3H2,1H3;2*4H,1H2,(H,5,6);/q2*-1;;;+4/p-2. The van der Waals surface area contributed by atoms with Crippen LogP contribution in [0.2, 0.25) is 0 Å². The Morgan fingerprint density at radius 1 is 0.920 bits per heavy atom. The topological polar surface area (TPSA) is 121 Å². The molecular weight excluding hydrogens is 491 g/mol. The van der Waals surface area contributed by atoms with Crippen molar-refractivity contribution in [3.05, 3.63) is 72.3 Å². The van der Waals surface area contributed by atoms with Crippen LogP contribution < -0.4 is 10.2 Å². The van der Waals surface area contributed by atoms with E-state index in [0.29, 0.717) is 0 Å². The first-order chi connectivity index (χ1) is 11.1. The van der Waals surface area contributed by atoms with Crippen LogP contribution in [0.15, 0.2) is 60.1 Å². The molecule has 25 heavy (non-hydrogen) atoms. The molecule has 2 N–H and O–H groups in total. The molecule has 0 radical (unpaired) electrons. The fraction of sp³-hybridized carbons (Fsp3) is 0.222. The minimum atomic E-state index is -1.49. The van der Waals surface area contributed by atoms with Crippen molar-refractivity contribution in [3.63, 3.8) is 0 Å². The van der Waals surface area contributed by atoms with Crippen LogP contribution in [0.5, 0.6) is 0 Å². The van der Waals surface area contributed by atoms with Crippen LogP contribution in [0.4, 0.5) is 0 Å². The Labute approximate surface area is 166 Å². The third-order valence-corrected chi connectivity index (χ3v) is 2.21. The number of rotatable bonds is 2. The van der Waals surface area contributed by atoms with Crippen LogP contribution in [0.3, 0.4) is 0 Å². The van der Waals surface area contributed by atoms with E-state index in [2.05, 4.69) is 63.5 Å². The van der Waals surface area contributed by atoms with Gasteiger partial charge in [-0.1, -0.05) is 27.0 Å². The second kappa shape index (κ2) is 16.7. The Bertz CT molecular complexity index is 501. The van der Waals surface area contributed by atoms with Gasteiger partial charge < -0.3 is 20.4 Å². The monoisotopic (exact) mass is 512 g/mol. The molecular formula is C18H20HfO6. The maximum Gasteiger partial charge on any atom is 4.00 e. The Kier molecular flexibility index (Phi) is 18.5. The molecule has 132 valence electrons. The summed E-state index contributed by atoms with van der Waals surface area (Å²) in [6.07, 6.45) is 16.7. The van der Waals surface area contributed by atoms with Gasteiger partial charge in [0.25, 0.3) is 0 Å². The molecule has 0 bridgehead atoms. The first-order valence-electron chi connectivity index (χ1n) is 6.74. The van der Waals surface area contributed by atoms with E-state index in [1.165, 1.54) is 11.1 Å². The van der Waals surface area contributed by atoms with Crippen molar-refractivity contribution < 1.29 is 55.9 Å². The zero-order chi connectivity index (χ0) is 19.1. The molecule has 2 rings (SSSR count). The van der Waals surface area contributed by atoms with E-state index in [1.807, 2.05) is 0 Å². The summed E-state index contributed by atoms with van der Waals surface area (Å²) in [5, 5.41) is 34.0. The van der Waals surface area contributed by atoms with Gasteiger partial charge in [-0.05, 0) is 11.5 Å². The third-order valence-electron chi connectivity index (χ3n) is 2.21. The molecule has 0 atom stereocenters. The zero-order valence-electron chi connectivity index (χ0n) is 14.2. The van der Waals surface area contributed by atoms with Crippen molar-refractivity contribution in [1.29, 1.82) is 0 Å². The molecule has 0 heterocycles. The largest absolute Gasteiger partial charge is 4.00 e. The number of carboxylic acids is 2. The Morgan fingerprint density at radius 3 is 1.20 bits per heavy atom. The van der Waals surface area contributed by atoms with E-state index in [1.54, 1.807) is 0 Å². The molecule has 0 aromatic heterocycles. The van der Waals surface area contributed by atoms with Crippen molar-refractivity contribution in [2.75, 3.05) is 0 Å². The quantitative estimate of drug-likeness (QED) is 0.250. The minimum Gasteiger partial charge on any atom is -0.868 e. The second-order valence-electron chi connectivity index (χ2n) is 4.39. The molecule has 0 spiro atoms. The second-order valence-corrected chi connectivity index (χ2v) is 4.39. The molecule has 0 saturated heterocycles. The molecule has 0 saturated carbocycles. The van der Waals surface area contributed by atoms with Gasteiger partial charge in [0, 0.05) is 0 Å². The maximum absolute atomic E-state index is 9.43. The van der Waals surface area contributed by atoms with E-state index in [9.17, 15) is 19.8 Å². The Morgan fingerprint density at radius 2 is 1.16 bits per heavy atom. The SMILES string of the molecule is C=C([O-])C(=O)O.C=C([O-])C(=O)O.CC1=[C-]CC=C1.CC1=[C-]CC=C1.[Hf+4]. The molecule has 0 aliphatic heterocycles. The van der Waals surface area contributed by atoms with Gasteiger partial charge in [-0.15, -0.1) is 12.8 Å².